The first-order valence-electron chi connectivity index (χ1n) is 9.83. The van der Waals surface area contributed by atoms with Crippen LogP contribution in [0.1, 0.15) is 55.7 Å². The quantitative estimate of drug-likeness (QED) is 0.744. The summed E-state index contributed by atoms with van der Waals surface area (Å²) in [6.45, 7) is 0. The van der Waals surface area contributed by atoms with E-state index in [1.165, 1.54) is 28.3 Å². The van der Waals surface area contributed by atoms with Crippen LogP contribution < -0.4 is 5.73 Å². The van der Waals surface area contributed by atoms with Crippen molar-refractivity contribution in [3.05, 3.63) is 23.4 Å². The van der Waals surface area contributed by atoms with E-state index in [4.69, 9.17) is 10.7 Å². The number of hydrogen-bond donors (Lipinski definition) is 2. The van der Waals surface area contributed by atoms with Crippen LogP contribution in [0.4, 0.5) is 5.69 Å². The lowest BCUT2D eigenvalue weighted by Crippen LogP contribution is -2.28. The van der Waals surface area contributed by atoms with Crippen molar-refractivity contribution < 1.29 is 9.66 Å². The number of likely N-dealkylation sites (N-methyl/N-ethyl adjacent to an activating group) is 1. The van der Waals surface area contributed by atoms with Crippen molar-refractivity contribution in [2.45, 2.75) is 60.1 Å². The van der Waals surface area contributed by atoms with Gasteiger partial charge in [0.1, 0.15) is 15.8 Å². The normalized spacial score (nSPS) is 24.2. The number of anilines is 1. The summed E-state index contributed by atoms with van der Waals surface area (Å²) < 4.78 is 13.8. The Morgan fingerprint density at radius 3 is 2.64 bits per heavy atom. The van der Waals surface area contributed by atoms with Crippen LogP contribution in [-0.4, -0.2) is 44.4 Å². The van der Waals surface area contributed by atoms with E-state index in [0.717, 1.165) is 57.8 Å². The third-order valence-electron chi connectivity index (χ3n) is 6.16. The molecule has 148 valence electrons. The highest BCUT2D eigenvalue weighted by Gasteiger charge is 2.36. The van der Waals surface area contributed by atoms with Gasteiger partial charge in [0.25, 0.3) is 0 Å². The van der Waals surface area contributed by atoms with E-state index < -0.39 is 17.4 Å². The van der Waals surface area contributed by atoms with E-state index >= 15 is 0 Å². The molecule has 0 spiro atoms. The van der Waals surface area contributed by atoms with Gasteiger partial charge in [-0.3, -0.25) is 5.01 Å². The van der Waals surface area contributed by atoms with E-state index in [1.54, 1.807) is 19.3 Å². The molecule has 2 atom stereocenters. The molecule has 2 aromatic rings. The largest absolute Gasteiger partial charge is 0.611 e. The molecule has 3 N–H and O–H groups in total. The second kappa shape index (κ2) is 7.02. The fourth-order valence-electron chi connectivity index (χ4n) is 3.89. The molecule has 2 aromatic heterocycles. The molecule has 2 aliphatic carbocycles. The Balaban J connectivity index is 1.63. The van der Waals surface area contributed by atoms with Gasteiger partial charge in [-0.15, -0.1) is 0 Å². The maximum absolute atomic E-state index is 13.0. The molecule has 2 unspecified atom stereocenters. The van der Waals surface area contributed by atoms with Crippen molar-refractivity contribution in [3.63, 3.8) is 0 Å². The predicted octanol–water partition coefficient (Wildman–Crippen LogP) is 3.44. The molecule has 2 saturated carbocycles. The Labute approximate surface area is 171 Å². The van der Waals surface area contributed by atoms with Gasteiger partial charge in [0.2, 0.25) is 4.21 Å². The lowest BCUT2D eigenvalue weighted by Gasteiger charge is -2.28. The molecule has 5 rings (SSSR count). The van der Waals surface area contributed by atoms with Crippen LogP contribution >= 0.6 is 11.3 Å². The smallest absolute Gasteiger partial charge is 0.232 e. The first kappa shape index (κ1) is 18.4. The van der Waals surface area contributed by atoms with Gasteiger partial charge in [0.05, 0.1) is 11.9 Å². The number of rotatable bonds is 4. The average molecular weight is 417 g/mol. The summed E-state index contributed by atoms with van der Waals surface area (Å²) >= 11 is 0.427. The number of fused-ring (bicyclic) bond motifs is 1. The third kappa shape index (κ3) is 2.94. The Morgan fingerprint density at radius 2 is 2.04 bits per heavy atom. The second-order valence-electron chi connectivity index (χ2n) is 7.91. The van der Waals surface area contributed by atoms with Gasteiger partial charge in [-0.05, 0) is 55.7 Å². The number of aliphatic hydroxyl groups is 1. The molecule has 0 amide bonds. The van der Waals surface area contributed by atoms with Crippen LogP contribution in [0.3, 0.4) is 0 Å². The molecule has 0 saturated heterocycles. The molecule has 2 fully saturated rings. The van der Waals surface area contributed by atoms with Crippen molar-refractivity contribution in [1.29, 1.82) is 0 Å². The molecule has 1 aliphatic heterocycles. The molecule has 0 aromatic carbocycles. The number of pyridine rings is 1. The van der Waals surface area contributed by atoms with Gasteiger partial charge in [-0.2, -0.15) is 5.10 Å². The molecule has 6 nitrogen and oxygen atoms in total. The van der Waals surface area contributed by atoms with Gasteiger partial charge >= 0.3 is 0 Å². The monoisotopic (exact) mass is 416 g/mol. The van der Waals surface area contributed by atoms with Gasteiger partial charge in [-0.25, -0.2) is 4.98 Å². The summed E-state index contributed by atoms with van der Waals surface area (Å²) in [5, 5.41) is 17.1. The summed E-state index contributed by atoms with van der Waals surface area (Å²) in [6, 6.07) is 2.10. The first-order chi connectivity index (χ1) is 13.5. The zero-order valence-corrected chi connectivity index (χ0v) is 17.4. The summed E-state index contributed by atoms with van der Waals surface area (Å²) in [5.41, 5.74) is 10.0. The van der Waals surface area contributed by atoms with Crippen LogP contribution in [0.2, 0.25) is 0 Å². The fraction of sp³-hybridized carbons (Fsp3) is 0.500. The van der Waals surface area contributed by atoms with Crippen LogP contribution in [0.5, 0.6) is 0 Å². The number of thiophene rings is 1. The van der Waals surface area contributed by atoms with E-state index in [0.29, 0.717) is 11.6 Å². The lowest BCUT2D eigenvalue weighted by molar-refractivity contribution is 0.0648. The Kier molecular flexibility index (Phi) is 4.62. The number of nitrogens with two attached hydrogens (primary N) is 1. The van der Waals surface area contributed by atoms with Gasteiger partial charge in [0.15, 0.2) is 6.23 Å². The van der Waals surface area contributed by atoms with Crippen molar-refractivity contribution >= 4 is 50.2 Å². The Hall–Kier alpha value is -1.61. The number of hydrazone groups is 1. The van der Waals surface area contributed by atoms with Gasteiger partial charge in [-0.1, -0.05) is 17.8 Å². The second-order valence-corrected chi connectivity index (χ2v) is 10.8. The third-order valence-corrected chi connectivity index (χ3v) is 9.46. The van der Waals surface area contributed by atoms with E-state index in [-0.39, 0.29) is 5.25 Å². The van der Waals surface area contributed by atoms with E-state index in [2.05, 4.69) is 11.2 Å². The van der Waals surface area contributed by atoms with Crippen LogP contribution in [0, 0.1) is 0 Å². The van der Waals surface area contributed by atoms with Crippen LogP contribution in [0.25, 0.3) is 15.8 Å². The summed E-state index contributed by atoms with van der Waals surface area (Å²) in [7, 11) is 1.73. The molecular weight excluding hydrogens is 392 g/mol. The summed E-state index contributed by atoms with van der Waals surface area (Å²) in [5.74, 6) is 0.472. The highest BCUT2D eigenvalue weighted by Crippen LogP contribution is 2.47. The summed E-state index contributed by atoms with van der Waals surface area (Å²) in [4.78, 5) is 5.69. The average Bonchev–Trinajstić information content (AvgIpc) is 2.91. The minimum Gasteiger partial charge on any atom is -0.611 e. The fourth-order valence-corrected chi connectivity index (χ4v) is 7.11. The van der Waals surface area contributed by atoms with E-state index in [9.17, 15) is 9.66 Å². The molecule has 3 aliphatic rings. The van der Waals surface area contributed by atoms with Crippen molar-refractivity contribution in [3.8, 4) is 0 Å². The first-order valence-corrected chi connectivity index (χ1v) is 11.9. The SMILES string of the molecule is CN1N=CC(c2cc(C3CCC3)c3c(N)c([S+]([O-])C4CCC4)sc3n2)=CC1O. The molecule has 3 heterocycles. The molecule has 0 bridgehead atoms. The Bertz CT molecular complexity index is 978. The molecular formula is C20H24N4O2S2. The Morgan fingerprint density at radius 1 is 1.29 bits per heavy atom. The predicted molar refractivity (Wildman–Crippen MR) is 115 cm³/mol. The molecule has 28 heavy (non-hydrogen) atoms. The van der Waals surface area contributed by atoms with Gasteiger partial charge in [0, 0.05) is 29.2 Å². The number of allylic oxidation sites excluding steroid dienone is 1. The maximum Gasteiger partial charge on any atom is 0.232 e. The zero-order valence-electron chi connectivity index (χ0n) is 15.8. The van der Waals surface area contributed by atoms with Crippen LogP contribution in [-0.2, 0) is 11.2 Å². The highest BCUT2D eigenvalue weighted by molar-refractivity contribution is 7.94. The minimum absolute atomic E-state index is 0.237. The maximum atomic E-state index is 13.0. The molecule has 0 radical (unpaired) electrons. The van der Waals surface area contributed by atoms with Crippen molar-refractivity contribution in [1.82, 2.24) is 9.99 Å². The lowest BCUT2D eigenvalue weighted by atomic mass is 9.78. The number of nitrogen functional groups attached to an aromatic ring is 1. The molecule has 8 heteroatoms. The van der Waals surface area contributed by atoms with Crippen molar-refractivity contribution in [2.24, 2.45) is 5.10 Å². The topological polar surface area (TPSA) is 97.8 Å². The van der Waals surface area contributed by atoms with Gasteiger partial charge < -0.3 is 15.4 Å². The van der Waals surface area contributed by atoms with Crippen LogP contribution in [0.15, 0.2) is 21.5 Å². The number of nitrogens with zero attached hydrogens (tertiary/aromatic N) is 3. The minimum atomic E-state index is -1.05. The highest BCUT2D eigenvalue weighted by atomic mass is 32.2. The van der Waals surface area contributed by atoms with E-state index in [1.807, 2.05) is 0 Å². The number of aromatic nitrogens is 1. The summed E-state index contributed by atoms with van der Waals surface area (Å²) in [6.07, 6.45) is 9.43. The van der Waals surface area contributed by atoms with Crippen molar-refractivity contribution in [2.75, 3.05) is 12.8 Å². The number of hydrogen-bond acceptors (Lipinski definition) is 7. The number of aliphatic hydroxyl groups excluding tert-OH is 1. The zero-order chi connectivity index (χ0) is 19.4. The standard InChI is InChI=1S/C20H24N4O2S2/c1-24-16(25)8-12(10-22-24)15-9-14(11-4-2-5-11)17-18(21)20(27-19(17)23-15)28(26)13-6-3-7-13/h8-11,13,16,25H,2-7,21H2,1H3.